The third-order valence-corrected chi connectivity index (χ3v) is 4.00. The lowest BCUT2D eigenvalue weighted by Crippen LogP contribution is -2.15. The average Bonchev–Trinajstić information content (AvgIpc) is 2.67. The number of Topliss-reactive ketones (excluding diaryl/α,β-unsaturated/α-hetero) is 1. The highest BCUT2D eigenvalue weighted by Gasteiger charge is 2.33. The SMILES string of the molecule is CCOP(=O)(OCC)c1ccoc1C(C)=O. The molecule has 6 heteroatoms. The van der Waals surface area contributed by atoms with E-state index in [1.807, 2.05) is 0 Å². The number of hydrogen-bond donors (Lipinski definition) is 0. The van der Waals surface area contributed by atoms with Gasteiger partial charge in [0.1, 0.15) is 5.30 Å². The summed E-state index contributed by atoms with van der Waals surface area (Å²) in [6.07, 6.45) is 1.30. The zero-order chi connectivity index (χ0) is 12.2. The quantitative estimate of drug-likeness (QED) is 0.569. The molecule has 1 rings (SSSR count). The van der Waals surface area contributed by atoms with E-state index in [0.29, 0.717) is 0 Å². The van der Waals surface area contributed by atoms with Crippen LogP contribution in [-0.4, -0.2) is 19.0 Å². The molecule has 1 heterocycles. The van der Waals surface area contributed by atoms with E-state index >= 15 is 0 Å². The van der Waals surface area contributed by atoms with E-state index in [0.717, 1.165) is 0 Å². The van der Waals surface area contributed by atoms with Gasteiger partial charge >= 0.3 is 7.60 Å². The molecular weight excluding hydrogens is 231 g/mol. The molecule has 0 aliphatic heterocycles. The van der Waals surface area contributed by atoms with Crippen molar-refractivity contribution in [1.29, 1.82) is 0 Å². The third kappa shape index (κ3) is 2.61. The zero-order valence-electron chi connectivity index (χ0n) is 9.56. The van der Waals surface area contributed by atoms with Crippen LogP contribution in [0.2, 0.25) is 0 Å². The zero-order valence-corrected chi connectivity index (χ0v) is 10.5. The molecule has 0 unspecified atom stereocenters. The molecule has 5 nitrogen and oxygen atoms in total. The van der Waals surface area contributed by atoms with Crippen LogP contribution in [0.15, 0.2) is 16.7 Å². The minimum Gasteiger partial charge on any atom is -0.460 e. The highest BCUT2D eigenvalue weighted by Crippen LogP contribution is 2.47. The second-order valence-corrected chi connectivity index (χ2v) is 5.02. The van der Waals surface area contributed by atoms with Gasteiger partial charge in [-0.3, -0.25) is 9.36 Å². The van der Waals surface area contributed by atoms with Crippen LogP contribution in [0.3, 0.4) is 0 Å². The van der Waals surface area contributed by atoms with Crippen LogP contribution in [0.4, 0.5) is 0 Å². The summed E-state index contributed by atoms with van der Waals surface area (Å²) in [6, 6.07) is 1.45. The fourth-order valence-corrected chi connectivity index (χ4v) is 3.03. The Morgan fingerprint density at radius 3 is 2.38 bits per heavy atom. The number of carbonyl (C=O) groups excluding carboxylic acids is 1. The molecule has 0 N–H and O–H groups in total. The number of hydrogen-bond acceptors (Lipinski definition) is 5. The van der Waals surface area contributed by atoms with Crippen LogP contribution < -0.4 is 5.30 Å². The maximum Gasteiger partial charge on any atom is 0.365 e. The van der Waals surface area contributed by atoms with Gasteiger partial charge in [0.25, 0.3) is 0 Å². The van der Waals surface area contributed by atoms with E-state index in [4.69, 9.17) is 13.5 Å². The van der Waals surface area contributed by atoms with Crippen molar-refractivity contribution in [3.8, 4) is 0 Å². The predicted molar refractivity (Wildman–Crippen MR) is 59.2 cm³/mol. The standard InChI is InChI=1S/C10H15O5P/c1-4-14-16(12,15-5-2)9-6-7-13-10(9)8(3)11/h6-7H,4-5H2,1-3H3. The second-order valence-electron chi connectivity index (χ2n) is 3.02. The summed E-state index contributed by atoms with van der Waals surface area (Å²) in [7, 11) is -3.43. The molecule has 0 bridgehead atoms. The van der Waals surface area contributed by atoms with E-state index in [-0.39, 0.29) is 30.1 Å². The van der Waals surface area contributed by atoms with E-state index in [1.54, 1.807) is 13.8 Å². The molecule has 0 atom stereocenters. The second kappa shape index (κ2) is 5.43. The molecule has 90 valence electrons. The topological polar surface area (TPSA) is 65.7 Å². The molecule has 0 saturated carbocycles. The molecule has 0 aliphatic rings. The summed E-state index contributed by atoms with van der Waals surface area (Å²) >= 11 is 0. The van der Waals surface area contributed by atoms with Gasteiger partial charge in [0.05, 0.1) is 19.5 Å². The van der Waals surface area contributed by atoms with Gasteiger partial charge in [0.15, 0.2) is 11.5 Å². The van der Waals surface area contributed by atoms with Gasteiger partial charge in [-0.15, -0.1) is 0 Å². The Kier molecular flexibility index (Phi) is 4.47. The van der Waals surface area contributed by atoms with E-state index in [1.165, 1.54) is 19.3 Å². The minimum absolute atomic E-state index is 0.0326. The summed E-state index contributed by atoms with van der Waals surface area (Å²) in [4.78, 5) is 11.3. The lowest BCUT2D eigenvalue weighted by atomic mass is 10.3. The van der Waals surface area contributed by atoms with Gasteiger partial charge in [-0.25, -0.2) is 0 Å². The van der Waals surface area contributed by atoms with Crippen molar-refractivity contribution in [2.45, 2.75) is 20.8 Å². The Balaban J connectivity index is 3.15. The average molecular weight is 246 g/mol. The van der Waals surface area contributed by atoms with Gasteiger partial charge in [-0.05, 0) is 19.9 Å². The van der Waals surface area contributed by atoms with Crippen molar-refractivity contribution < 1.29 is 22.8 Å². The number of rotatable bonds is 6. The first-order valence-electron chi connectivity index (χ1n) is 5.03. The van der Waals surface area contributed by atoms with E-state index in [2.05, 4.69) is 0 Å². The van der Waals surface area contributed by atoms with Crippen LogP contribution in [0, 0.1) is 0 Å². The molecule has 0 aromatic carbocycles. The Morgan fingerprint density at radius 2 is 1.94 bits per heavy atom. The number of furan rings is 1. The summed E-state index contributed by atoms with van der Waals surface area (Å²) < 4.78 is 27.6. The van der Waals surface area contributed by atoms with Gasteiger partial charge in [0.2, 0.25) is 0 Å². The Morgan fingerprint density at radius 1 is 1.38 bits per heavy atom. The maximum absolute atomic E-state index is 12.3. The summed E-state index contributed by atoms with van der Waals surface area (Å²) in [5.74, 6) is -0.273. The fourth-order valence-electron chi connectivity index (χ4n) is 1.30. The molecule has 0 aliphatic carbocycles. The first-order chi connectivity index (χ1) is 7.55. The third-order valence-electron chi connectivity index (χ3n) is 1.86. The summed E-state index contributed by atoms with van der Waals surface area (Å²) in [5, 5.41) is 0.198. The molecular formula is C10H15O5P. The monoisotopic (exact) mass is 246 g/mol. The highest BCUT2D eigenvalue weighted by atomic mass is 31.2. The van der Waals surface area contributed by atoms with Crippen molar-refractivity contribution in [1.82, 2.24) is 0 Å². The van der Waals surface area contributed by atoms with Crippen molar-refractivity contribution in [3.05, 3.63) is 18.1 Å². The van der Waals surface area contributed by atoms with E-state index < -0.39 is 7.60 Å². The van der Waals surface area contributed by atoms with Gasteiger partial charge in [-0.1, -0.05) is 0 Å². The molecule has 16 heavy (non-hydrogen) atoms. The van der Waals surface area contributed by atoms with Crippen LogP contribution >= 0.6 is 7.60 Å². The molecule has 1 aromatic rings. The van der Waals surface area contributed by atoms with Crippen molar-refractivity contribution in [2.75, 3.05) is 13.2 Å². The van der Waals surface area contributed by atoms with Crippen LogP contribution in [0.1, 0.15) is 31.3 Å². The van der Waals surface area contributed by atoms with Gasteiger partial charge < -0.3 is 13.5 Å². The normalized spacial score (nSPS) is 11.7. The molecule has 0 radical (unpaired) electrons. The van der Waals surface area contributed by atoms with Crippen molar-refractivity contribution in [3.63, 3.8) is 0 Å². The van der Waals surface area contributed by atoms with E-state index in [9.17, 15) is 9.36 Å². The lowest BCUT2D eigenvalue weighted by molar-refractivity contribution is 0.0987. The minimum atomic E-state index is -3.43. The van der Waals surface area contributed by atoms with Crippen molar-refractivity contribution >= 4 is 18.7 Å². The predicted octanol–water partition coefficient (Wildman–Crippen LogP) is 2.37. The van der Waals surface area contributed by atoms with Gasteiger partial charge in [-0.2, -0.15) is 0 Å². The Hall–Kier alpha value is -0.900. The maximum atomic E-state index is 12.3. The molecule has 0 spiro atoms. The fraction of sp³-hybridized carbons (Fsp3) is 0.500. The molecule has 0 fully saturated rings. The Bertz CT molecular complexity index is 399. The molecule has 0 amide bonds. The van der Waals surface area contributed by atoms with Crippen molar-refractivity contribution in [2.24, 2.45) is 0 Å². The largest absolute Gasteiger partial charge is 0.460 e. The first-order valence-corrected chi connectivity index (χ1v) is 6.57. The number of carbonyl (C=O) groups is 1. The summed E-state index contributed by atoms with van der Waals surface area (Å²) in [6.45, 7) is 5.22. The molecule has 1 aromatic heterocycles. The first kappa shape index (κ1) is 13.2. The highest BCUT2D eigenvalue weighted by molar-refractivity contribution is 7.62. The van der Waals surface area contributed by atoms with Crippen LogP contribution in [0.25, 0.3) is 0 Å². The Labute approximate surface area is 94.3 Å². The van der Waals surface area contributed by atoms with Crippen LogP contribution in [0.5, 0.6) is 0 Å². The lowest BCUT2D eigenvalue weighted by Gasteiger charge is -2.15. The van der Waals surface area contributed by atoms with Crippen LogP contribution in [-0.2, 0) is 13.6 Å². The smallest absolute Gasteiger partial charge is 0.365 e. The summed E-state index contributed by atoms with van der Waals surface area (Å²) in [5.41, 5.74) is 0. The number of ketones is 1. The van der Waals surface area contributed by atoms with Gasteiger partial charge in [0, 0.05) is 6.92 Å². The molecule has 0 saturated heterocycles.